The SMILES string of the molecule is CCC(COC)N(Cc1cccc(CCO)c1)C(=O)OC(C)(C)C. The Morgan fingerprint density at radius 2 is 1.96 bits per heavy atom. The van der Waals surface area contributed by atoms with Gasteiger partial charge in [0.25, 0.3) is 0 Å². The van der Waals surface area contributed by atoms with Crippen LogP contribution in [0.25, 0.3) is 0 Å². The smallest absolute Gasteiger partial charge is 0.410 e. The van der Waals surface area contributed by atoms with Gasteiger partial charge in [-0.25, -0.2) is 4.79 Å². The fraction of sp³-hybridized carbons (Fsp3) is 0.632. The Bertz CT molecular complexity index is 510. The van der Waals surface area contributed by atoms with Crippen molar-refractivity contribution in [3.05, 3.63) is 35.4 Å². The standard InChI is InChI=1S/C19H31NO4/c1-6-17(14-23-5)20(18(22)24-19(2,3)4)13-16-9-7-8-15(12-16)10-11-21/h7-9,12,17,21H,6,10-11,13-14H2,1-5H3. The molecule has 24 heavy (non-hydrogen) atoms. The number of benzene rings is 1. The molecule has 1 amide bonds. The molecule has 5 heteroatoms. The van der Waals surface area contributed by atoms with Crippen molar-refractivity contribution in [2.24, 2.45) is 0 Å². The summed E-state index contributed by atoms with van der Waals surface area (Å²) in [5, 5.41) is 9.10. The summed E-state index contributed by atoms with van der Waals surface area (Å²) < 4.78 is 10.8. The summed E-state index contributed by atoms with van der Waals surface area (Å²) in [6.07, 6.45) is 1.05. The maximum Gasteiger partial charge on any atom is 0.410 e. The van der Waals surface area contributed by atoms with Gasteiger partial charge in [0.2, 0.25) is 0 Å². The lowest BCUT2D eigenvalue weighted by molar-refractivity contribution is 0.00277. The van der Waals surface area contributed by atoms with Gasteiger partial charge in [0.15, 0.2) is 0 Å². The van der Waals surface area contributed by atoms with Crippen LogP contribution in [-0.4, -0.2) is 48.1 Å². The van der Waals surface area contributed by atoms with E-state index in [4.69, 9.17) is 14.6 Å². The summed E-state index contributed by atoms with van der Waals surface area (Å²) in [5.74, 6) is 0. The van der Waals surface area contributed by atoms with Crippen LogP contribution in [0.4, 0.5) is 4.79 Å². The maximum atomic E-state index is 12.7. The Hall–Kier alpha value is -1.59. The van der Waals surface area contributed by atoms with E-state index in [-0.39, 0.29) is 18.7 Å². The molecule has 0 aromatic heterocycles. The molecule has 0 saturated carbocycles. The largest absolute Gasteiger partial charge is 0.444 e. The molecule has 0 spiro atoms. The third-order valence-electron chi connectivity index (χ3n) is 3.64. The zero-order valence-corrected chi connectivity index (χ0v) is 15.5. The van der Waals surface area contributed by atoms with Crippen molar-refractivity contribution >= 4 is 6.09 Å². The maximum absolute atomic E-state index is 12.7. The van der Waals surface area contributed by atoms with Crippen molar-refractivity contribution in [3.63, 3.8) is 0 Å². The van der Waals surface area contributed by atoms with Gasteiger partial charge in [-0.15, -0.1) is 0 Å². The second kappa shape index (κ2) is 9.64. The van der Waals surface area contributed by atoms with Crippen LogP contribution < -0.4 is 0 Å². The number of aliphatic hydroxyl groups excluding tert-OH is 1. The first-order valence-electron chi connectivity index (χ1n) is 8.48. The van der Waals surface area contributed by atoms with Crippen LogP contribution in [0.3, 0.4) is 0 Å². The normalized spacial score (nSPS) is 12.8. The third kappa shape index (κ3) is 6.89. The highest BCUT2D eigenvalue weighted by molar-refractivity contribution is 5.68. The van der Waals surface area contributed by atoms with Gasteiger partial charge in [-0.05, 0) is 44.7 Å². The lowest BCUT2D eigenvalue weighted by atomic mass is 10.1. The number of hydrogen-bond acceptors (Lipinski definition) is 4. The Morgan fingerprint density at radius 1 is 1.29 bits per heavy atom. The molecule has 0 heterocycles. The predicted molar refractivity (Wildman–Crippen MR) is 95.0 cm³/mol. The van der Waals surface area contributed by atoms with Crippen LogP contribution in [0.15, 0.2) is 24.3 Å². The quantitative estimate of drug-likeness (QED) is 0.790. The number of amides is 1. The summed E-state index contributed by atoms with van der Waals surface area (Å²) >= 11 is 0. The number of rotatable bonds is 8. The van der Waals surface area contributed by atoms with E-state index in [1.165, 1.54) is 0 Å². The van der Waals surface area contributed by atoms with Crippen LogP contribution >= 0.6 is 0 Å². The van der Waals surface area contributed by atoms with Gasteiger partial charge in [-0.1, -0.05) is 31.2 Å². The second-order valence-electron chi connectivity index (χ2n) is 6.92. The molecular weight excluding hydrogens is 306 g/mol. The number of ether oxygens (including phenoxy) is 2. The molecule has 0 fully saturated rings. The highest BCUT2D eigenvalue weighted by Crippen LogP contribution is 2.18. The van der Waals surface area contributed by atoms with Crippen LogP contribution in [0.5, 0.6) is 0 Å². The third-order valence-corrected chi connectivity index (χ3v) is 3.64. The van der Waals surface area contributed by atoms with Gasteiger partial charge in [-0.2, -0.15) is 0 Å². The van der Waals surface area contributed by atoms with E-state index in [9.17, 15) is 4.79 Å². The number of methoxy groups -OCH3 is 1. The summed E-state index contributed by atoms with van der Waals surface area (Å²) in [5.41, 5.74) is 1.53. The van der Waals surface area contributed by atoms with Crippen LogP contribution in [0.1, 0.15) is 45.2 Å². The van der Waals surface area contributed by atoms with Gasteiger partial charge in [0.05, 0.1) is 12.6 Å². The molecule has 0 aliphatic carbocycles. The zero-order chi connectivity index (χ0) is 18.2. The lowest BCUT2D eigenvalue weighted by Gasteiger charge is -2.33. The van der Waals surface area contributed by atoms with Gasteiger partial charge in [0, 0.05) is 20.3 Å². The van der Waals surface area contributed by atoms with Gasteiger partial charge in [0.1, 0.15) is 5.60 Å². The highest BCUT2D eigenvalue weighted by Gasteiger charge is 2.27. The molecule has 1 N–H and O–H groups in total. The van der Waals surface area contributed by atoms with E-state index in [0.29, 0.717) is 19.6 Å². The van der Waals surface area contributed by atoms with Gasteiger partial charge in [-0.3, -0.25) is 4.90 Å². The minimum absolute atomic E-state index is 0.0497. The van der Waals surface area contributed by atoms with Crippen molar-refractivity contribution in [3.8, 4) is 0 Å². The van der Waals surface area contributed by atoms with Crippen molar-refractivity contribution in [2.45, 2.75) is 58.7 Å². The van der Waals surface area contributed by atoms with E-state index in [1.807, 2.05) is 52.0 Å². The number of hydrogen-bond donors (Lipinski definition) is 1. The van der Waals surface area contributed by atoms with Crippen LogP contribution in [0, 0.1) is 0 Å². The molecule has 0 aliphatic heterocycles. The molecule has 0 bridgehead atoms. The Morgan fingerprint density at radius 3 is 2.50 bits per heavy atom. The summed E-state index contributed by atoms with van der Waals surface area (Å²) in [6, 6.07) is 7.88. The van der Waals surface area contributed by atoms with E-state index in [0.717, 1.165) is 17.5 Å². The van der Waals surface area contributed by atoms with Crippen molar-refractivity contribution in [2.75, 3.05) is 20.3 Å². The fourth-order valence-electron chi connectivity index (χ4n) is 2.49. The molecule has 0 saturated heterocycles. The molecule has 136 valence electrons. The van der Waals surface area contributed by atoms with E-state index in [2.05, 4.69) is 0 Å². The average molecular weight is 337 g/mol. The Balaban J connectivity index is 2.99. The Labute approximate surface area is 145 Å². The Kier molecular flexibility index (Phi) is 8.22. The number of carbonyl (C=O) groups excluding carboxylic acids is 1. The first kappa shape index (κ1) is 20.5. The van der Waals surface area contributed by atoms with Crippen LogP contribution in [-0.2, 0) is 22.4 Å². The topological polar surface area (TPSA) is 59.0 Å². The molecule has 1 rings (SSSR count). The number of nitrogens with zero attached hydrogens (tertiary/aromatic N) is 1. The summed E-state index contributed by atoms with van der Waals surface area (Å²) in [4.78, 5) is 14.4. The predicted octanol–water partition coefficient (Wildman–Crippen LogP) is 3.38. The zero-order valence-electron chi connectivity index (χ0n) is 15.5. The minimum atomic E-state index is -0.542. The first-order valence-corrected chi connectivity index (χ1v) is 8.48. The van der Waals surface area contributed by atoms with Crippen molar-refractivity contribution in [1.29, 1.82) is 0 Å². The van der Waals surface area contributed by atoms with E-state index in [1.54, 1.807) is 12.0 Å². The molecule has 1 atom stereocenters. The van der Waals surface area contributed by atoms with E-state index >= 15 is 0 Å². The van der Waals surface area contributed by atoms with Gasteiger partial charge < -0.3 is 14.6 Å². The summed E-state index contributed by atoms with van der Waals surface area (Å²) in [6.45, 7) is 8.65. The minimum Gasteiger partial charge on any atom is -0.444 e. The molecular formula is C19H31NO4. The summed E-state index contributed by atoms with van der Waals surface area (Å²) in [7, 11) is 1.64. The first-order chi connectivity index (χ1) is 11.3. The average Bonchev–Trinajstić information content (AvgIpc) is 2.49. The molecule has 1 aromatic carbocycles. The lowest BCUT2D eigenvalue weighted by Crippen LogP contribution is -2.44. The molecule has 1 unspecified atom stereocenters. The molecule has 0 aliphatic rings. The molecule has 0 radical (unpaired) electrons. The fourth-order valence-corrected chi connectivity index (χ4v) is 2.49. The number of carbonyl (C=O) groups is 1. The monoisotopic (exact) mass is 337 g/mol. The number of aliphatic hydroxyl groups is 1. The second-order valence-corrected chi connectivity index (χ2v) is 6.92. The molecule has 5 nitrogen and oxygen atoms in total. The van der Waals surface area contributed by atoms with Crippen molar-refractivity contribution < 1.29 is 19.4 Å². The molecule has 1 aromatic rings. The van der Waals surface area contributed by atoms with Gasteiger partial charge >= 0.3 is 6.09 Å². The van der Waals surface area contributed by atoms with Crippen LogP contribution in [0.2, 0.25) is 0 Å². The highest BCUT2D eigenvalue weighted by atomic mass is 16.6. The van der Waals surface area contributed by atoms with Crippen molar-refractivity contribution in [1.82, 2.24) is 4.90 Å². The van der Waals surface area contributed by atoms with E-state index < -0.39 is 5.60 Å².